The van der Waals surface area contributed by atoms with E-state index in [2.05, 4.69) is 71.6 Å². The Morgan fingerprint density at radius 1 is 0.455 bits per heavy atom. The first-order chi connectivity index (χ1) is 30.2. The van der Waals surface area contributed by atoms with E-state index in [-0.39, 0.29) is 34.5 Å². The van der Waals surface area contributed by atoms with Crippen molar-refractivity contribution in [3.8, 4) is 22.3 Å². The number of hydrogen-bond acceptors (Lipinski definition) is 2. The Bertz CT molecular complexity index is 3460. The first-order valence-electron chi connectivity index (χ1n) is 21.9. The van der Waals surface area contributed by atoms with Gasteiger partial charge >= 0.3 is 0 Å². The summed E-state index contributed by atoms with van der Waals surface area (Å²) in [5.74, 6) is 0. The van der Waals surface area contributed by atoms with Crippen LogP contribution in [0.2, 0.25) is 0 Å². The average Bonchev–Trinajstić information content (AvgIpc) is 3.83. The van der Waals surface area contributed by atoms with Gasteiger partial charge in [0.15, 0.2) is 0 Å². The monoisotopic (exact) mass is 708 g/mol. The molecule has 0 fully saturated rings. The highest BCUT2D eigenvalue weighted by atomic mass is 16.3. The Morgan fingerprint density at radius 2 is 1.15 bits per heavy atom. The minimum absolute atomic E-state index is 0.0865. The number of para-hydroxylation sites is 3. The third-order valence-corrected chi connectivity index (χ3v) is 11.0. The first-order valence-corrected chi connectivity index (χ1v) is 18.4. The summed E-state index contributed by atoms with van der Waals surface area (Å²) >= 11 is 0. The molecule has 1 aromatic heterocycles. The fourth-order valence-electron chi connectivity index (χ4n) is 8.60. The molecule has 0 aliphatic heterocycles. The summed E-state index contributed by atoms with van der Waals surface area (Å²) in [6.07, 6.45) is 0. The molecule has 1 heterocycles. The van der Waals surface area contributed by atoms with E-state index < -0.39 is 29.6 Å². The summed E-state index contributed by atoms with van der Waals surface area (Å²) in [7, 11) is 0. The van der Waals surface area contributed by atoms with Crippen molar-refractivity contribution in [3.63, 3.8) is 0 Å². The van der Waals surface area contributed by atoms with Crippen LogP contribution in [0, 0.1) is 0 Å². The van der Waals surface area contributed by atoms with Crippen LogP contribution in [0.15, 0.2) is 217 Å². The van der Waals surface area contributed by atoms with Gasteiger partial charge in [-0.05, 0) is 104 Å². The summed E-state index contributed by atoms with van der Waals surface area (Å²) in [6.45, 7) is 0. The Morgan fingerprint density at radius 3 is 2.02 bits per heavy atom. The van der Waals surface area contributed by atoms with Crippen molar-refractivity contribution >= 4 is 49.8 Å². The molecule has 2 heteroatoms. The van der Waals surface area contributed by atoms with Gasteiger partial charge in [0.05, 0.1) is 20.7 Å². The molecule has 9 aromatic carbocycles. The summed E-state index contributed by atoms with van der Waals surface area (Å²) in [5.41, 5.74) is 9.16. The van der Waals surface area contributed by atoms with Crippen molar-refractivity contribution in [2.24, 2.45) is 0 Å². The topological polar surface area (TPSA) is 16.4 Å². The summed E-state index contributed by atoms with van der Waals surface area (Å²) in [4.78, 5) is 2.25. The Hall–Kier alpha value is -7.16. The van der Waals surface area contributed by atoms with Crippen LogP contribution in [0.25, 0.3) is 55.0 Å². The Labute approximate surface area is 330 Å². The number of rotatable bonds is 6. The number of benzene rings is 9. The zero-order chi connectivity index (χ0) is 42.4. The third-order valence-electron chi connectivity index (χ3n) is 11.0. The van der Waals surface area contributed by atoms with Gasteiger partial charge in [0.1, 0.15) is 11.2 Å². The molecule has 55 heavy (non-hydrogen) atoms. The van der Waals surface area contributed by atoms with Crippen LogP contribution >= 0.6 is 0 Å². The minimum atomic E-state index is -1.38. The van der Waals surface area contributed by atoms with Gasteiger partial charge in [0, 0.05) is 27.7 Å². The summed E-state index contributed by atoms with van der Waals surface area (Å²) in [5, 5.41) is 1.53. The van der Waals surface area contributed by atoms with Gasteiger partial charge in [0.25, 0.3) is 0 Å². The van der Waals surface area contributed by atoms with Gasteiger partial charge < -0.3 is 9.32 Å². The van der Waals surface area contributed by atoms with E-state index in [0.29, 0.717) is 5.58 Å². The summed E-state index contributed by atoms with van der Waals surface area (Å²) in [6, 6.07) is 54.2. The molecule has 1 unspecified atom stereocenters. The van der Waals surface area contributed by atoms with Crippen LogP contribution in [0.3, 0.4) is 0 Å². The highest BCUT2D eigenvalue weighted by Gasteiger charge is 2.46. The SMILES string of the molecule is [2H]c1c([2H])c([2H])c2c([2H])c(C3(c4ccc5oc6ccccc6c5c4)c4ccccc4-c4cc(N(c5ccccc5)c5ccccc5-c5ccccc5)ccc43)c([2H])c([2H])c2c1[2H]. The van der Waals surface area contributed by atoms with E-state index in [1.165, 1.54) is 0 Å². The molecule has 10 aromatic rings. The van der Waals surface area contributed by atoms with Crippen LogP contribution < -0.4 is 4.90 Å². The van der Waals surface area contributed by atoms with E-state index in [0.717, 1.165) is 72.4 Å². The molecular weight excluding hydrogens is 667 g/mol. The maximum atomic E-state index is 10.0. The summed E-state index contributed by atoms with van der Waals surface area (Å²) < 4.78 is 70.6. The second-order valence-corrected chi connectivity index (χ2v) is 13.9. The zero-order valence-electron chi connectivity index (χ0n) is 36.5. The molecule has 0 saturated carbocycles. The van der Waals surface area contributed by atoms with Crippen molar-refractivity contribution in [2.75, 3.05) is 4.90 Å². The number of fused-ring (bicyclic) bond motifs is 7. The highest BCUT2D eigenvalue weighted by molar-refractivity contribution is 6.05. The molecule has 0 amide bonds. The Balaban J connectivity index is 1.26. The lowest BCUT2D eigenvalue weighted by atomic mass is 9.67. The van der Waals surface area contributed by atoms with E-state index in [1.54, 1.807) is 0 Å². The molecule has 0 radical (unpaired) electrons. The quantitative estimate of drug-likeness (QED) is 0.171. The van der Waals surface area contributed by atoms with Crippen molar-refractivity contribution in [3.05, 3.63) is 234 Å². The van der Waals surface area contributed by atoms with E-state index in [9.17, 15) is 4.11 Å². The molecule has 0 spiro atoms. The predicted octanol–water partition coefficient (Wildman–Crippen LogP) is 14.2. The van der Waals surface area contributed by atoms with Crippen LogP contribution in [-0.2, 0) is 5.41 Å². The number of hydrogen-bond donors (Lipinski definition) is 0. The number of nitrogens with zero attached hydrogens (tertiary/aromatic N) is 1. The van der Waals surface area contributed by atoms with E-state index >= 15 is 0 Å². The van der Waals surface area contributed by atoms with Gasteiger partial charge in [-0.2, -0.15) is 0 Å². The van der Waals surface area contributed by atoms with Crippen LogP contribution in [0.5, 0.6) is 0 Å². The maximum Gasteiger partial charge on any atom is 0.135 e. The van der Waals surface area contributed by atoms with Gasteiger partial charge in [-0.1, -0.05) is 158 Å². The fourth-order valence-corrected chi connectivity index (χ4v) is 8.60. The molecule has 1 aliphatic carbocycles. The zero-order valence-corrected chi connectivity index (χ0v) is 29.5. The van der Waals surface area contributed by atoms with Crippen molar-refractivity contribution in [1.29, 1.82) is 0 Å². The highest BCUT2D eigenvalue weighted by Crippen LogP contribution is 2.58. The first kappa shape index (κ1) is 25.0. The maximum absolute atomic E-state index is 10.0. The molecule has 258 valence electrons. The molecule has 1 atom stereocenters. The van der Waals surface area contributed by atoms with Crippen molar-refractivity contribution < 1.29 is 14.0 Å². The molecule has 11 rings (SSSR count). The van der Waals surface area contributed by atoms with Gasteiger partial charge in [0.2, 0.25) is 0 Å². The molecule has 0 saturated heterocycles. The normalized spacial score (nSPS) is 16.4. The van der Waals surface area contributed by atoms with Crippen LogP contribution in [-0.4, -0.2) is 0 Å². The molecule has 1 aliphatic rings. The van der Waals surface area contributed by atoms with Crippen molar-refractivity contribution in [1.82, 2.24) is 0 Å². The lowest BCUT2D eigenvalue weighted by molar-refractivity contribution is 0.668. The lowest BCUT2D eigenvalue weighted by Crippen LogP contribution is -2.28. The van der Waals surface area contributed by atoms with Gasteiger partial charge in [-0.3, -0.25) is 0 Å². The smallest absolute Gasteiger partial charge is 0.135 e. The van der Waals surface area contributed by atoms with Crippen molar-refractivity contribution in [2.45, 2.75) is 5.41 Å². The van der Waals surface area contributed by atoms with Crippen LogP contribution in [0.1, 0.15) is 31.8 Å². The second-order valence-electron chi connectivity index (χ2n) is 13.9. The molecule has 0 bridgehead atoms. The minimum Gasteiger partial charge on any atom is -0.456 e. The van der Waals surface area contributed by atoms with E-state index in [4.69, 9.17) is 9.90 Å². The predicted molar refractivity (Wildman–Crippen MR) is 229 cm³/mol. The standard InChI is InChI=1S/C53H35NO/c1-3-16-37(17-4-1)43-21-10-13-25-50(43)54(41-19-5-2-6-20-41)42-30-31-49-46(35-42)44-22-9-12-24-48(44)53(49,39-28-27-36-15-7-8-18-38(36)33-39)40-29-32-52-47(34-40)45-23-11-14-26-51(45)55-52/h1-35H/i7D,8D,15D,18D,27D,28D,33D. The molecule has 0 N–H and O–H groups in total. The van der Waals surface area contributed by atoms with Gasteiger partial charge in [-0.15, -0.1) is 0 Å². The molecule has 2 nitrogen and oxygen atoms in total. The molecular formula is C53H35NO. The van der Waals surface area contributed by atoms with E-state index in [1.807, 2.05) is 103 Å². The fraction of sp³-hybridized carbons (Fsp3) is 0.0189. The number of anilines is 3. The average molecular weight is 709 g/mol. The third kappa shape index (κ3) is 4.82. The van der Waals surface area contributed by atoms with Crippen LogP contribution in [0.4, 0.5) is 17.1 Å². The number of furan rings is 1. The lowest BCUT2D eigenvalue weighted by Gasteiger charge is -2.34. The second kappa shape index (κ2) is 12.5. The largest absolute Gasteiger partial charge is 0.456 e. The van der Waals surface area contributed by atoms with Gasteiger partial charge in [-0.25, -0.2) is 0 Å². The Kier molecular flexibility index (Phi) is 5.66.